The molecular weight excluding hydrogens is 260 g/mol. The SMILES string of the molecule is C=CCOC(=O)Nc1c(C)c(F)cc(C(=O)O)c1F. The molecule has 1 rings (SSSR count). The number of anilines is 1. The van der Waals surface area contributed by atoms with E-state index in [0.29, 0.717) is 6.07 Å². The molecule has 0 fully saturated rings. The lowest BCUT2D eigenvalue weighted by atomic mass is 10.1. The molecule has 0 saturated heterocycles. The van der Waals surface area contributed by atoms with E-state index in [2.05, 4.69) is 11.3 Å². The molecule has 0 aromatic heterocycles. The highest BCUT2D eigenvalue weighted by atomic mass is 19.1. The Kier molecular flexibility index (Phi) is 4.57. The molecule has 0 saturated carbocycles. The minimum atomic E-state index is -1.64. The summed E-state index contributed by atoms with van der Waals surface area (Å²) in [6, 6.07) is 0.549. The number of carbonyl (C=O) groups excluding carboxylic acids is 1. The Morgan fingerprint density at radius 2 is 2.16 bits per heavy atom. The Bertz CT molecular complexity index is 543. The van der Waals surface area contributed by atoms with E-state index < -0.39 is 34.9 Å². The van der Waals surface area contributed by atoms with Crippen molar-refractivity contribution < 1.29 is 28.2 Å². The van der Waals surface area contributed by atoms with Crippen molar-refractivity contribution in [2.45, 2.75) is 6.92 Å². The summed E-state index contributed by atoms with van der Waals surface area (Å²) >= 11 is 0. The lowest BCUT2D eigenvalue weighted by Crippen LogP contribution is -2.17. The third kappa shape index (κ3) is 3.27. The first kappa shape index (κ1) is 14.6. The van der Waals surface area contributed by atoms with E-state index >= 15 is 0 Å². The van der Waals surface area contributed by atoms with Crippen LogP contribution in [0.15, 0.2) is 18.7 Å². The summed E-state index contributed by atoms with van der Waals surface area (Å²) in [6.07, 6.45) is 0.251. The molecule has 0 unspecified atom stereocenters. The van der Waals surface area contributed by atoms with Gasteiger partial charge in [-0.05, 0) is 13.0 Å². The minimum absolute atomic E-state index is 0.117. The van der Waals surface area contributed by atoms with E-state index in [4.69, 9.17) is 5.11 Å². The molecule has 7 heteroatoms. The number of carbonyl (C=O) groups is 2. The van der Waals surface area contributed by atoms with Crippen LogP contribution in [0.1, 0.15) is 15.9 Å². The molecule has 19 heavy (non-hydrogen) atoms. The first-order valence-electron chi connectivity index (χ1n) is 5.15. The Labute approximate surface area is 107 Å². The number of carboxylic acid groups (broad SMARTS) is 1. The van der Waals surface area contributed by atoms with Gasteiger partial charge in [0.1, 0.15) is 18.0 Å². The number of hydrogen-bond acceptors (Lipinski definition) is 3. The van der Waals surface area contributed by atoms with Crippen LogP contribution >= 0.6 is 0 Å². The highest BCUT2D eigenvalue weighted by molar-refractivity contribution is 5.92. The second-order valence-electron chi connectivity index (χ2n) is 3.54. The number of rotatable bonds is 4. The maximum Gasteiger partial charge on any atom is 0.412 e. The molecule has 102 valence electrons. The summed E-state index contributed by atoms with van der Waals surface area (Å²) < 4.78 is 31.8. The van der Waals surface area contributed by atoms with E-state index in [9.17, 15) is 18.4 Å². The average Bonchev–Trinajstić information content (AvgIpc) is 2.36. The monoisotopic (exact) mass is 271 g/mol. The lowest BCUT2D eigenvalue weighted by Gasteiger charge is -2.12. The second-order valence-corrected chi connectivity index (χ2v) is 3.54. The number of carboxylic acids is 1. The highest BCUT2D eigenvalue weighted by Gasteiger charge is 2.21. The van der Waals surface area contributed by atoms with Gasteiger partial charge in [-0.15, -0.1) is 0 Å². The minimum Gasteiger partial charge on any atom is -0.478 e. The summed E-state index contributed by atoms with van der Waals surface area (Å²) in [5.74, 6) is -3.82. The van der Waals surface area contributed by atoms with Crippen molar-refractivity contribution in [2.24, 2.45) is 0 Å². The fourth-order valence-electron chi connectivity index (χ4n) is 1.29. The van der Waals surface area contributed by atoms with Gasteiger partial charge < -0.3 is 9.84 Å². The zero-order valence-electron chi connectivity index (χ0n) is 10.00. The average molecular weight is 271 g/mol. The van der Waals surface area contributed by atoms with Crippen molar-refractivity contribution in [3.8, 4) is 0 Å². The van der Waals surface area contributed by atoms with Crippen LogP contribution in [0.2, 0.25) is 0 Å². The van der Waals surface area contributed by atoms with Crippen molar-refractivity contribution in [1.82, 2.24) is 0 Å². The summed E-state index contributed by atoms with van der Waals surface area (Å²) in [6.45, 7) is 4.39. The first-order valence-corrected chi connectivity index (χ1v) is 5.15. The zero-order chi connectivity index (χ0) is 14.6. The number of amides is 1. The van der Waals surface area contributed by atoms with E-state index in [1.54, 1.807) is 0 Å². The number of nitrogens with one attached hydrogen (secondary N) is 1. The number of aromatic carboxylic acids is 1. The Hall–Kier alpha value is -2.44. The maximum absolute atomic E-state index is 13.8. The number of benzene rings is 1. The van der Waals surface area contributed by atoms with Gasteiger partial charge in [-0.25, -0.2) is 18.4 Å². The molecule has 0 atom stereocenters. The molecule has 0 spiro atoms. The smallest absolute Gasteiger partial charge is 0.412 e. The summed E-state index contributed by atoms with van der Waals surface area (Å²) in [7, 11) is 0. The molecule has 0 aliphatic carbocycles. The molecule has 1 aromatic carbocycles. The lowest BCUT2D eigenvalue weighted by molar-refractivity contribution is 0.0691. The van der Waals surface area contributed by atoms with Gasteiger partial charge in [-0.3, -0.25) is 5.32 Å². The van der Waals surface area contributed by atoms with Gasteiger partial charge in [0, 0.05) is 5.56 Å². The van der Waals surface area contributed by atoms with Gasteiger partial charge in [0.2, 0.25) is 0 Å². The Balaban J connectivity index is 3.15. The van der Waals surface area contributed by atoms with E-state index in [1.165, 1.54) is 13.0 Å². The molecule has 0 radical (unpaired) electrons. The summed E-state index contributed by atoms with van der Waals surface area (Å²) in [4.78, 5) is 22.0. The van der Waals surface area contributed by atoms with Crippen LogP contribution in [0.3, 0.4) is 0 Å². The maximum atomic E-state index is 13.8. The number of halogens is 2. The van der Waals surface area contributed by atoms with Crippen molar-refractivity contribution in [3.05, 3.63) is 41.5 Å². The van der Waals surface area contributed by atoms with Crippen molar-refractivity contribution in [3.63, 3.8) is 0 Å². The predicted octanol–water partition coefficient (Wildman–Crippen LogP) is 2.71. The number of hydrogen-bond donors (Lipinski definition) is 2. The highest BCUT2D eigenvalue weighted by Crippen LogP contribution is 2.26. The van der Waals surface area contributed by atoms with Gasteiger partial charge in [-0.1, -0.05) is 12.7 Å². The van der Waals surface area contributed by atoms with Crippen LogP contribution in [0.25, 0.3) is 0 Å². The van der Waals surface area contributed by atoms with Crippen LogP contribution in [-0.4, -0.2) is 23.8 Å². The molecule has 1 aromatic rings. The van der Waals surface area contributed by atoms with Crippen LogP contribution in [-0.2, 0) is 4.74 Å². The van der Waals surface area contributed by atoms with Crippen LogP contribution in [0.4, 0.5) is 19.3 Å². The van der Waals surface area contributed by atoms with Crippen LogP contribution < -0.4 is 5.32 Å². The van der Waals surface area contributed by atoms with Crippen molar-refractivity contribution in [2.75, 3.05) is 11.9 Å². The molecular formula is C12H11F2NO4. The molecule has 5 nitrogen and oxygen atoms in total. The molecule has 0 heterocycles. The second kappa shape index (κ2) is 5.94. The van der Waals surface area contributed by atoms with Gasteiger partial charge in [0.25, 0.3) is 0 Å². The van der Waals surface area contributed by atoms with E-state index in [1.807, 2.05) is 5.32 Å². The van der Waals surface area contributed by atoms with Crippen LogP contribution in [0.5, 0.6) is 0 Å². The third-order valence-corrected chi connectivity index (χ3v) is 2.25. The molecule has 1 amide bonds. The third-order valence-electron chi connectivity index (χ3n) is 2.25. The van der Waals surface area contributed by atoms with Crippen LogP contribution in [0, 0.1) is 18.6 Å². The zero-order valence-corrected chi connectivity index (χ0v) is 10.00. The van der Waals surface area contributed by atoms with E-state index in [0.717, 1.165) is 0 Å². The Morgan fingerprint density at radius 1 is 1.53 bits per heavy atom. The number of ether oxygens (including phenoxy) is 1. The summed E-state index contributed by atoms with van der Waals surface area (Å²) in [5, 5.41) is 10.7. The van der Waals surface area contributed by atoms with Crippen molar-refractivity contribution in [1.29, 1.82) is 0 Å². The Morgan fingerprint density at radius 3 is 2.68 bits per heavy atom. The largest absolute Gasteiger partial charge is 0.478 e. The van der Waals surface area contributed by atoms with Gasteiger partial charge in [0.05, 0.1) is 5.69 Å². The van der Waals surface area contributed by atoms with Gasteiger partial charge >= 0.3 is 12.1 Å². The molecule has 0 bridgehead atoms. The standard InChI is InChI=1S/C12H11F2NO4/c1-3-4-19-12(18)15-10-6(2)8(13)5-7(9(10)14)11(16)17/h3,5H,1,4H2,2H3,(H,15,18)(H,16,17). The molecule has 2 N–H and O–H groups in total. The van der Waals surface area contributed by atoms with Gasteiger partial charge in [-0.2, -0.15) is 0 Å². The van der Waals surface area contributed by atoms with Gasteiger partial charge in [0.15, 0.2) is 5.82 Å². The fraction of sp³-hybridized carbons (Fsp3) is 0.167. The molecule has 0 aliphatic rings. The van der Waals surface area contributed by atoms with E-state index in [-0.39, 0.29) is 12.2 Å². The predicted molar refractivity (Wildman–Crippen MR) is 63.2 cm³/mol. The fourth-order valence-corrected chi connectivity index (χ4v) is 1.29. The molecule has 0 aliphatic heterocycles. The first-order chi connectivity index (χ1) is 8.88. The normalized spacial score (nSPS) is 9.84. The quantitative estimate of drug-likeness (QED) is 0.825. The van der Waals surface area contributed by atoms with Crippen molar-refractivity contribution >= 4 is 17.7 Å². The summed E-state index contributed by atoms with van der Waals surface area (Å²) in [5.41, 5.74) is -1.66. The topological polar surface area (TPSA) is 75.6 Å².